The van der Waals surface area contributed by atoms with Crippen molar-refractivity contribution in [1.29, 1.82) is 0 Å². The summed E-state index contributed by atoms with van der Waals surface area (Å²) in [6, 6.07) is 1.66. The molecule has 1 aliphatic heterocycles. The molecule has 0 bridgehead atoms. The Morgan fingerprint density at radius 1 is 1.31 bits per heavy atom. The number of hydrogen-bond donors (Lipinski definition) is 1. The van der Waals surface area contributed by atoms with Crippen molar-refractivity contribution in [2.75, 3.05) is 13.2 Å². The molecule has 3 rings (SSSR count). The van der Waals surface area contributed by atoms with Gasteiger partial charge in [-0.05, 0) is 18.9 Å². The Morgan fingerprint density at radius 3 is 2.69 bits per heavy atom. The van der Waals surface area contributed by atoms with Crippen LogP contribution in [0.25, 0.3) is 0 Å². The molecule has 1 fully saturated rings. The first-order valence-electron chi connectivity index (χ1n) is 5.12. The Labute approximate surface area is 100 Å². The molecule has 0 radical (unpaired) electrons. The molecule has 0 spiro atoms. The van der Waals surface area contributed by atoms with Crippen LogP contribution < -0.4 is 9.47 Å². The highest BCUT2D eigenvalue weighted by atomic mass is 79.9. The first kappa shape index (κ1) is 10.4. The SMILES string of the molecule is OC1(c2c(Br)cc3c(c2F)OCCO3)CC1. The molecule has 1 aliphatic carbocycles. The highest BCUT2D eigenvalue weighted by molar-refractivity contribution is 9.10. The van der Waals surface area contributed by atoms with E-state index in [-0.39, 0.29) is 11.3 Å². The Hall–Kier alpha value is -0.810. The topological polar surface area (TPSA) is 38.7 Å². The van der Waals surface area contributed by atoms with E-state index >= 15 is 0 Å². The summed E-state index contributed by atoms with van der Waals surface area (Å²) < 4.78 is 25.2. The molecule has 0 aromatic heterocycles. The summed E-state index contributed by atoms with van der Waals surface area (Å²) in [6.07, 6.45) is 1.17. The number of ether oxygens (including phenoxy) is 2. The molecular weight excluding hydrogens is 279 g/mol. The van der Waals surface area contributed by atoms with Crippen LogP contribution in [0.1, 0.15) is 18.4 Å². The summed E-state index contributed by atoms with van der Waals surface area (Å²) >= 11 is 3.27. The van der Waals surface area contributed by atoms with Crippen molar-refractivity contribution in [1.82, 2.24) is 0 Å². The monoisotopic (exact) mass is 288 g/mol. The molecule has 3 nitrogen and oxygen atoms in total. The lowest BCUT2D eigenvalue weighted by molar-refractivity contribution is 0.137. The average molecular weight is 289 g/mol. The second-order valence-electron chi connectivity index (χ2n) is 4.10. The largest absolute Gasteiger partial charge is 0.486 e. The Balaban J connectivity index is 2.18. The maximum absolute atomic E-state index is 14.2. The van der Waals surface area contributed by atoms with Crippen molar-refractivity contribution in [3.63, 3.8) is 0 Å². The number of halogens is 2. The summed E-state index contributed by atoms with van der Waals surface area (Å²) in [4.78, 5) is 0. The van der Waals surface area contributed by atoms with E-state index in [1.807, 2.05) is 0 Å². The lowest BCUT2D eigenvalue weighted by Crippen LogP contribution is -2.19. The second-order valence-corrected chi connectivity index (χ2v) is 4.96. The van der Waals surface area contributed by atoms with Crippen molar-refractivity contribution < 1.29 is 19.0 Å². The van der Waals surface area contributed by atoms with E-state index in [1.54, 1.807) is 6.07 Å². The number of benzene rings is 1. The van der Waals surface area contributed by atoms with Crippen LogP contribution in [0.5, 0.6) is 11.5 Å². The van der Waals surface area contributed by atoms with Gasteiger partial charge in [0.15, 0.2) is 17.3 Å². The Kier molecular flexibility index (Phi) is 2.16. The summed E-state index contributed by atoms with van der Waals surface area (Å²) in [6.45, 7) is 0.756. The zero-order valence-electron chi connectivity index (χ0n) is 8.43. The van der Waals surface area contributed by atoms with Gasteiger partial charge in [0.25, 0.3) is 0 Å². The maximum atomic E-state index is 14.2. The van der Waals surface area contributed by atoms with E-state index in [4.69, 9.17) is 9.47 Å². The summed E-state index contributed by atoms with van der Waals surface area (Å²) in [5, 5.41) is 10.00. The summed E-state index contributed by atoms with van der Waals surface area (Å²) in [7, 11) is 0. The molecule has 0 saturated heterocycles. The van der Waals surface area contributed by atoms with E-state index in [9.17, 15) is 9.50 Å². The van der Waals surface area contributed by atoms with Crippen molar-refractivity contribution >= 4 is 15.9 Å². The minimum absolute atomic E-state index is 0.116. The van der Waals surface area contributed by atoms with E-state index in [2.05, 4.69) is 15.9 Å². The van der Waals surface area contributed by atoms with Crippen molar-refractivity contribution in [2.45, 2.75) is 18.4 Å². The smallest absolute Gasteiger partial charge is 0.197 e. The highest BCUT2D eigenvalue weighted by Gasteiger charge is 2.47. The maximum Gasteiger partial charge on any atom is 0.197 e. The third-order valence-electron chi connectivity index (χ3n) is 2.92. The molecule has 0 atom stereocenters. The molecule has 1 saturated carbocycles. The number of fused-ring (bicyclic) bond motifs is 1. The minimum atomic E-state index is -1.03. The number of aliphatic hydroxyl groups is 1. The van der Waals surface area contributed by atoms with Gasteiger partial charge in [0, 0.05) is 10.0 Å². The van der Waals surface area contributed by atoms with Crippen LogP contribution in [-0.4, -0.2) is 18.3 Å². The van der Waals surface area contributed by atoms with E-state index in [1.165, 1.54) is 0 Å². The van der Waals surface area contributed by atoms with Gasteiger partial charge in [-0.15, -0.1) is 0 Å². The van der Waals surface area contributed by atoms with Crippen molar-refractivity contribution in [3.05, 3.63) is 21.9 Å². The van der Waals surface area contributed by atoms with E-state index < -0.39 is 11.4 Å². The molecule has 1 aromatic carbocycles. The number of rotatable bonds is 1. The van der Waals surface area contributed by atoms with Crippen LogP contribution >= 0.6 is 15.9 Å². The zero-order chi connectivity index (χ0) is 11.3. The van der Waals surface area contributed by atoms with E-state index in [0.717, 1.165) is 0 Å². The van der Waals surface area contributed by atoms with E-state index in [0.29, 0.717) is 36.3 Å². The fourth-order valence-electron chi connectivity index (χ4n) is 1.91. The van der Waals surface area contributed by atoms with Gasteiger partial charge in [-0.1, -0.05) is 15.9 Å². The van der Waals surface area contributed by atoms with Crippen LogP contribution in [-0.2, 0) is 5.60 Å². The van der Waals surface area contributed by atoms with Crippen LogP contribution in [0.4, 0.5) is 4.39 Å². The summed E-state index contributed by atoms with van der Waals surface area (Å²) in [5.41, 5.74) is -0.740. The molecule has 0 amide bonds. The second kappa shape index (κ2) is 3.34. The Morgan fingerprint density at radius 2 is 2.00 bits per heavy atom. The molecule has 86 valence electrons. The van der Waals surface area contributed by atoms with Gasteiger partial charge in [0.2, 0.25) is 0 Å². The lowest BCUT2D eigenvalue weighted by atomic mass is 10.1. The number of hydrogen-bond acceptors (Lipinski definition) is 3. The molecule has 1 aromatic rings. The molecule has 1 heterocycles. The molecule has 2 aliphatic rings. The average Bonchev–Trinajstić information content (AvgIpc) is 2.97. The quantitative estimate of drug-likeness (QED) is 0.862. The normalized spacial score (nSPS) is 20.7. The third kappa shape index (κ3) is 1.42. The van der Waals surface area contributed by atoms with Crippen molar-refractivity contribution in [2.24, 2.45) is 0 Å². The van der Waals surface area contributed by atoms with Crippen LogP contribution in [0, 0.1) is 5.82 Å². The van der Waals surface area contributed by atoms with Gasteiger partial charge in [0.05, 0.1) is 5.60 Å². The summed E-state index contributed by atoms with van der Waals surface area (Å²) in [5.74, 6) is -0.00234. The Bertz CT molecular complexity index is 457. The standard InChI is InChI=1S/C11H10BrFO3/c12-6-5-7-10(16-4-3-15-7)9(13)8(6)11(14)1-2-11/h5,14H,1-4H2. The molecule has 0 unspecified atom stereocenters. The van der Waals surface area contributed by atoms with Gasteiger partial charge in [-0.3, -0.25) is 0 Å². The van der Waals surface area contributed by atoms with Gasteiger partial charge in [0.1, 0.15) is 13.2 Å². The minimum Gasteiger partial charge on any atom is -0.486 e. The molecule has 16 heavy (non-hydrogen) atoms. The molecule has 5 heteroatoms. The fourth-order valence-corrected chi connectivity index (χ4v) is 2.66. The van der Waals surface area contributed by atoms with Crippen LogP contribution in [0.2, 0.25) is 0 Å². The van der Waals surface area contributed by atoms with Gasteiger partial charge in [-0.2, -0.15) is 0 Å². The predicted octanol–water partition coefficient (Wildman–Crippen LogP) is 2.34. The van der Waals surface area contributed by atoms with Gasteiger partial charge < -0.3 is 14.6 Å². The first-order valence-corrected chi connectivity index (χ1v) is 5.91. The fraction of sp³-hybridized carbons (Fsp3) is 0.455. The van der Waals surface area contributed by atoms with Gasteiger partial charge >= 0.3 is 0 Å². The van der Waals surface area contributed by atoms with Crippen LogP contribution in [0.15, 0.2) is 10.5 Å². The van der Waals surface area contributed by atoms with Crippen LogP contribution in [0.3, 0.4) is 0 Å². The van der Waals surface area contributed by atoms with Crippen molar-refractivity contribution in [3.8, 4) is 11.5 Å². The first-order chi connectivity index (χ1) is 7.62. The highest BCUT2D eigenvalue weighted by Crippen LogP contribution is 2.52. The third-order valence-corrected chi connectivity index (χ3v) is 3.54. The molecule has 1 N–H and O–H groups in total. The molecular formula is C11H10BrFO3. The predicted molar refractivity (Wildman–Crippen MR) is 58.2 cm³/mol. The van der Waals surface area contributed by atoms with Gasteiger partial charge in [-0.25, -0.2) is 4.39 Å². The lowest BCUT2D eigenvalue weighted by Gasteiger charge is -2.22. The zero-order valence-corrected chi connectivity index (χ0v) is 10.0.